The Kier molecular flexibility index (Phi) is 5.64. The molecule has 0 saturated heterocycles. The Hall–Kier alpha value is -1.25. The molecule has 0 aliphatic heterocycles. The van der Waals surface area contributed by atoms with Crippen molar-refractivity contribution in [2.24, 2.45) is 0 Å². The van der Waals surface area contributed by atoms with E-state index < -0.39 is 18.6 Å². The third kappa shape index (κ3) is 5.95. The minimum absolute atomic E-state index is 0.168. The Labute approximate surface area is 121 Å². The average Bonchev–Trinajstić information content (AvgIpc) is 2.70. The first-order valence-corrected chi connectivity index (χ1v) is 6.29. The average molecular weight is 385 g/mol. The fraction of sp³-hybridized carbons (Fsp3) is 0.250. The van der Waals surface area contributed by atoms with E-state index in [9.17, 15) is 18.0 Å². The van der Waals surface area contributed by atoms with E-state index in [4.69, 9.17) is 4.42 Å². The van der Waals surface area contributed by atoms with Gasteiger partial charge in [-0.15, -0.1) is 6.58 Å². The SMILES string of the molecule is C=CCN(CC(F)(F)F)C(=O)/C=C/c1ccc(I)o1. The second kappa shape index (κ2) is 6.78. The number of carbonyl (C=O) groups is 1. The van der Waals surface area contributed by atoms with Gasteiger partial charge in [-0.3, -0.25) is 4.79 Å². The minimum atomic E-state index is -4.44. The van der Waals surface area contributed by atoms with E-state index in [1.807, 2.05) is 22.6 Å². The van der Waals surface area contributed by atoms with Crippen LogP contribution in [-0.4, -0.2) is 30.1 Å². The summed E-state index contributed by atoms with van der Waals surface area (Å²) >= 11 is 1.94. The normalized spacial score (nSPS) is 11.8. The van der Waals surface area contributed by atoms with Crippen LogP contribution in [0.2, 0.25) is 0 Å². The van der Waals surface area contributed by atoms with Gasteiger partial charge in [0.15, 0.2) is 3.77 Å². The summed E-state index contributed by atoms with van der Waals surface area (Å²) in [7, 11) is 0. The number of furan rings is 1. The smallest absolute Gasteiger partial charge is 0.406 e. The van der Waals surface area contributed by atoms with Crippen molar-refractivity contribution in [1.82, 2.24) is 4.90 Å². The fourth-order valence-corrected chi connectivity index (χ4v) is 1.72. The van der Waals surface area contributed by atoms with E-state index in [1.54, 1.807) is 12.1 Å². The van der Waals surface area contributed by atoms with Crippen LogP contribution in [0.5, 0.6) is 0 Å². The van der Waals surface area contributed by atoms with Crippen LogP contribution >= 0.6 is 22.6 Å². The molecule has 0 aliphatic carbocycles. The van der Waals surface area contributed by atoms with Crippen LogP contribution in [0.25, 0.3) is 6.08 Å². The van der Waals surface area contributed by atoms with Gasteiger partial charge in [-0.2, -0.15) is 13.2 Å². The maximum Gasteiger partial charge on any atom is 0.406 e. The molecule has 104 valence electrons. The number of nitrogens with zero attached hydrogens (tertiary/aromatic N) is 1. The van der Waals surface area contributed by atoms with E-state index in [1.165, 1.54) is 12.2 Å². The first kappa shape index (κ1) is 15.8. The molecule has 1 heterocycles. The quantitative estimate of drug-likeness (QED) is 0.442. The highest BCUT2D eigenvalue weighted by Gasteiger charge is 2.31. The van der Waals surface area contributed by atoms with Gasteiger partial charge in [0.05, 0.1) is 0 Å². The van der Waals surface area contributed by atoms with Gasteiger partial charge in [-0.1, -0.05) is 6.08 Å². The third-order valence-electron chi connectivity index (χ3n) is 2.02. The number of hydrogen-bond donors (Lipinski definition) is 0. The van der Waals surface area contributed by atoms with Crippen LogP contribution in [0.3, 0.4) is 0 Å². The standard InChI is InChI=1S/C12H11F3INO2/c1-2-7-17(8-12(13,14)15)11(18)6-4-9-3-5-10(16)19-9/h2-6H,1,7-8H2/b6-4+. The van der Waals surface area contributed by atoms with Crippen molar-refractivity contribution in [3.63, 3.8) is 0 Å². The lowest BCUT2D eigenvalue weighted by Crippen LogP contribution is -2.38. The third-order valence-corrected chi connectivity index (χ3v) is 2.60. The molecular weight excluding hydrogens is 374 g/mol. The first-order valence-electron chi connectivity index (χ1n) is 5.22. The molecule has 0 atom stereocenters. The molecule has 7 heteroatoms. The van der Waals surface area contributed by atoms with Gasteiger partial charge in [0.1, 0.15) is 12.3 Å². The molecule has 1 aromatic rings. The van der Waals surface area contributed by atoms with E-state index in [-0.39, 0.29) is 6.54 Å². The Morgan fingerprint density at radius 1 is 1.47 bits per heavy atom. The number of carbonyl (C=O) groups excluding carboxylic acids is 1. The Morgan fingerprint density at radius 3 is 2.63 bits per heavy atom. The summed E-state index contributed by atoms with van der Waals surface area (Å²) in [5.74, 6) is -0.341. The van der Waals surface area contributed by atoms with Crippen LogP contribution < -0.4 is 0 Å². The summed E-state index contributed by atoms with van der Waals surface area (Å²) in [5, 5.41) is 0. The summed E-state index contributed by atoms with van der Waals surface area (Å²) in [5.41, 5.74) is 0. The second-order valence-electron chi connectivity index (χ2n) is 3.60. The first-order chi connectivity index (χ1) is 8.81. The van der Waals surface area contributed by atoms with Gasteiger partial charge in [0.2, 0.25) is 5.91 Å². The predicted octanol–water partition coefficient (Wildman–Crippen LogP) is 3.47. The topological polar surface area (TPSA) is 33.5 Å². The lowest BCUT2D eigenvalue weighted by Gasteiger charge is -2.20. The number of rotatable bonds is 5. The zero-order valence-electron chi connectivity index (χ0n) is 9.78. The van der Waals surface area contributed by atoms with Crippen molar-refractivity contribution in [2.45, 2.75) is 6.18 Å². The van der Waals surface area contributed by atoms with Crippen molar-refractivity contribution < 1.29 is 22.4 Å². The molecule has 19 heavy (non-hydrogen) atoms. The summed E-state index contributed by atoms with van der Waals surface area (Å²) in [6.45, 7) is 1.85. The van der Waals surface area contributed by atoms with E-state index in [2.05, 4.69) is 6.58 Å². The van der Waals surface area contributed by atoms with E-state index in [0.29, 0.717) is 14.4 Å². The number of alkyl halides is 3. The maximum atomic E-state index is 12.3. The molecule has 0 radical (unpaired) electrons. The molecule has 1 rings (SSSR count). The predicted molar refractivity (Wildman–Crippen MR) is 73.3 cm³/mol. The number of halogens is 4. The van der Waals surface area contributed by atoms with Crippen LogP contribution in [0.4, 0.5) is 13.2 Å². The summed E-state index contributed by atoms with van der Waals surface area (Å²) in [6, 6.07) is 3.30. The second-order valence-corrected chi connectivity index (χ2v) is 4.66. The fourth-order valence-electron chi connectivity index (χ4n) is 1.28. The summed E-state index contributed by atoms with van der Waals surface area (Å²) < 4.78 is 42.6. The van der Waals surface area contributed by atoms with E-state index in [0.717, 1.165) is 6.08 Å². The monoisotopic (exact) mass is 385 g/mol. The molecule has 0 bridgehead atoms. The van der Waals surface area contributed by atoms with Crippen molar-refractivity contribution in [3.05, 3.63) is 40.4 Å². The Bertz CT molecular complexity index is 480. The van der Waals surface area contributed by atoms with Crippen molar-refractivity contribution in [1.29, 1.82) is 0 Å². The van der Waals surface area contributed by atoms with Crippen LogP contribution in [-0.2, 0) is 4.79 Å². The zero-order chi connectivity index (χ0) is 14.5. The van der Waals surface area contributed by atoms with Crippen molar-refractivity contribution in [2.75, 3.05) is 13.1 Å². The highest BCUT2D eigenvalue weighted by atomic mass is 127. The van der Waals surface area contributed by atoms with Crippen LogP contribution in [0.15, 0.2) is 35.3 Å². The Morgan fingerprint density at radius 2 is 2.16 bits per heavy atom. The van der Waals surface area contributed by atoms with E-state index >= 15 is 0 Å². The van der Waals surface area contributed by atoms with Crippen LogP contribution in [0.1, 0.15) is 5.76 Å². The molecule has 0 saturated carbocycles. The lowest BCUT2D eigenvalue weighted by molar-refractivity contribution is -0.157. The molecule has 0 spiro atoms. The zero-order valence-corrected chi connectivity index (χ0v) is 11.9. The molecule has 0 aliphatic rings. The van der Waals surface area contributed by atoms with Gasteiger partial charge in [-0.25, -0.2) is 0 Å². The largest absolute Gasteiger partial charge is 0.451 e. The molecule has 0 N–H and O–H groups in total. The van der Waals surface area contributed by atoms with Gasteiger partial charge in [-0.05, 0) is 40.8 Å². The number of amides is 1. The highest BCUT2D eigenvalue weighted by molar-refractivity contribution is 14.1. The van der Waals surface area contributed by atoms with Crippen molar-refractivity contribution in [3.8, 4) is 0 Å². The van der Waals surface area contributed by atoms with Crippen molar-refractivity contribution >= 4 is 34.6 Å². The van der Waals surface area contributed by atoms with Gasteiger partial charge in [0.25, 0.3) is 0 Å². The summed E-state index contributed by atoms with van der Waals surface area (Å²) in [6.07, 6.45) is -0.818. The molecule has 0 unspecified atom stereocenters. The molecule has 1 aromatic heterocycles. The Balaban J connectivity index is 2.71. The highest BCUT2D eigenvalue weighted by Crippen LogP contribution is 2.17. The lowest BCUT2D eigenvalue weighted by atomic mass is 10.3. The maximum absolute atomic E-state index is 12.3. The number of hydrogen-bond acceptors (Lipinski definition) is 2. The summed E-state index contributed by atoms with van der Waals surface area (Å²) in [4.78, 5) is 12.3. The molecule has 0 aromatic carbocycles. The molecule has 1 amide bonds. The van der Waals surface area contributed by atoms with Gasteiger partial charge in [0, 0.05) is 12.6 Å². The van der Waals surface area contributed by atoms with Crippen LogP contribution in [0, 0.1) is 3.77 Å². The molecule has 0 fully saturated rings. The molecule has 3 nitrogen and oxygen atoms in total. The van der Waals surface area contributed by atoms with Gasteiger partial charge >= 0.3 is 6.18 Å². The van der Waals surface area contributed by atoms with Gasteiger partial charge < -0.3 is 9.32 Å². The molecular formula is C12H11F3INO2. The minimum Gasteiger partial charge on any atom is -0.451 e.